The zero-order chi connectivity index (χ0) is 26.0. The molecule has 0 unspecified atom stereocenters. The Morgan fingerprint density at radius 1 is 1.22 bits per heavy atom. The molecule has 1 aromatic heterocycles. The summed E-state index contributed by atoms with van der Waals surface area (Å²) in [6.07, 6.45) is 1.74. The first-order valence-electron chi connectivity index (χ1n) is 11.3. The van der Waals surface area contributed by atoms with Gasteiger partial charge in [-0.1, -0.05) is 23.5 Å². The standard InChI is InChI=1S/C26H25IN2O6S/c1-5-34-19-12-15(11-18(27)23(19)30)13-20-24(31)29-22(16-7-9-17(33-4)10-8-16)21(25(32)35-6-2)14(3)28-26(29)36-20/h7-13,22,30H,5-6H2,1-4H3/b20-13-/t22-/m0/s1. The van der Waals surface area contributed by atoms with Gasteiger partial charge in [-0.3, -0.25) is 9.36 Å². The molecule has 3 aromatic rings. The van der Waals surface area contributed by atoms with Crippen LogP contribution in [-0.4, -0.2) is 36.0 Å². The third-order valence-electron chi connectivity index (χ3n) is 5.60. The molecule has 0 fully saturated rings. The summed E-state index contributed by atoms with van der Waals surface area (Å²) in [5.41, 5.74) is 1.97. The summed E-state index contributed by atoms with van der Waals surface area (Å²) in [5, 5.41) is 10.3. The molecule has 1 N–H and O–H groups in total. The SMILES string of the molecule is CCOC(=O)C1=C(C)N=c2s/c(=C\c3cc(I)c(O)c(OCC)c3)c(=O)n2[C@H]1c1ccc(OC)cc1. The van der Waals surface area contributed by atoms with E-state index in [1.165, 1.54) is 15.9 Å². The molecule has 0 bridgehead atoms. The number of esters is 1. The number of allylic oxidation sites excluding steroid dienone is 1. The average molecular weight is 620 g/mol. The summed E-state index contributed by atoms with van der Waals surface area (Å²) in [6.45, 7) is 5.92. The van der Waals surface area contributed by atoms with E-state index in [1.807, 2.05) is 41.6 Å². The van der Waals surface area contributed by atoms with E-state index in [2.05, 4.69) is 4.99 Å². The molecule has 0 spiro atoms. The Morgan fingerprint density at radius 3 is 2.58 bits per heavy atom. The Morgan fingerprint density at radius 2 is 1.94 bits per heavy atom. The van der Waals surface area contributed by atoms with Gasteiger partial charge < -0.3 is 19.3 Å². The second-order valence-electron chi connectivity index (χ2n) is 7.86. The molecule has 1 aliphatic heterocycles. The number of aromatic nitrogens is 1. The molecule has 0 radical (unpaired) electrons. The molecular weight excluding hydrogens is 595 g/mol. The molecule has 4 rings (SSSR count). The molecule has 1 aliphatic rings. The monoisotopic (exact) mass is 620 g/mol. The van der Waals surface area contributed by atoms with Gasteiger partial charge in [-0.05, 0) is 84.8 Å². The summed E-state index contributed by atoms with van der Waals surface area (Å²) in [6, 6.07) is 9.99. The predicted molar refractivity (Wildman–Crippen MR) is 145 cm³/mol. The summed E-state index contributed by atoms with van der Waals surface area (Å²) in [7, 11) is 1.58. The van der Waals surface area contributed by atoms with Gasteiger partial charge in [0.1, 0.15) is 5.75 Å². The highest BCUT2D eigenvalue weighted by molar-refractivity contribution is 14.1. The van der Waals surface area contributed by atoms with E-state index in [4.69, 9.17) is 14.2 Å². The van der Waals surface area contributed by atoms with Crippen molar-refractivity contribution in [2.75, 3.05) is 20.3 Å². The molecule has 2 heterocycles. The van der Waals surface area contributed by atoms with Crippen LogP contribution >= 0.6 is 33.9 Å². The Kier molecular flexibility index (Phi) is 7.84. The number of phenols is 1. The highest BCUT2D eigenvalue weighted by atomic mass is 127. The molecular formula is C26H25IN2O6S. The van der Waals surface area contributed by atoms with Gasteiger partial charge in [-0.25, -0.2) is 9.79 Å². The lowest BCUT2D eigenvalue weighted by atomic mass is 9.96. The van der Waals surface area contributed by atoms with Gasteiger partial charge >= 0.3 is 5.97 Å². The van der Waals surface area contributed by atoms with Crippen molar-refractivity contribution in [1.29, 1.82) is 0 Å². The summed E-state index contributed by atoms with van der Waals surface area (Å²) in [4.78, 5) is 31.8. The van der Waals surface area contributed by atoms with E-state index in [0.29, 0.717) is 47.8 Å². The minimum Gasteiger partial charge on any atom is -0.504 e. The zero-order valence-corrected chi connectivity index (χ0v) is 23.2. The van der Waals surface area contributed by atoms with E-state index < -0.39 is 12.0 Å². The summed E-state index contributed by atoms with van der Waals surface area (Å²) in [5.74, 6) is 0.560. The van der Waals surface area contributed by atoms with Crippen LogP contribution in [0.1, 0.15) is 37.9 Å². The number of halogens is 1. The highest BCUT2D eigenvalue weighted by Crippen LogP contribution is 2.33. The number of phenolic OH excluding ortho intramolecular Hbond substituents is 1. The van der Waals surface area contributed by atoms with Crippen LogP contribution in [0.2, 0.25) is 0 Å². The largest absolute Gasteiger partial charge is 0.504 e. The minimum atomic E-state index is -0.702. The molecule has 0 aliphatic carbocycles. The Bertz CT molecular complexity index is 1520. The van der Waals surface area contributed by atoms with Gasteiger partial charge in [0.15, 0.2) is 16.3 Å². The number of fused-ring (bicyclic) bond motifs is 1. The zero-order valence-electron chi connectivity index (χ0n) is 20.2. The highest BCUT2D eigenvalue weighted by Gasteiger charge is 2.33. The van der Waals surface area contributed by atoms with Crippen LogP contribution in [0.25, 0.3) is 6.08 Å². The van der Waals surface area contributed by atoms with E-state index in [-0.39, 0.29) is 17.9 Å². The second kappa shape index (κ2) is 10.9. The van der Waals surface area contributed by atoms with Gasteiger partial charge in [0.2, 0.25) is 0 Å². The number of ether oxygens (including phenoxy) is 3. The normalized spacial score (nSPS) is 15.4. The molecule has 8 nitrogen and oxygen atoms in total. The van der Waals surface area contributed by atoms with Crippen molar-refractivity contribution >= 4 is 46.0 Å². The average Bonchev–Trinajstić information content (AvgIpc) is 3.15. The van der Waals surface area contributed by atoms with Crippen LogP contribution in [0.15, 0.2) is 57.5 Å². The first-order valence-corrected chi connectivity index (χ1v) is 13.2. The summed E-state index contributed by atoms with van der Waals surface area (Å²) >= 11 is 3.26. The van der Waals surface area contributed by atoms with Crippen LogP contribution in [0.4, 0.5) is 0 Å². The first-order chi connectivity index (χ1) is 17.3. The lowest BCUT2D eigenvalue weighted by molar-refractivity contribution is -0.139. The number of rotatable bonds is 7. The number of benzene rings is 2. The lowest BCUT2D eigenvalue weighted by Crippen LogP contribution is -2.39. The molecule has 0 saturated heterocycles. The number of methoxy groups -OCH3 is 1. The topological polar surface area (TPSA) is 99.4 Å². The van der Waals surface area contributed by atoms with Crippen molar-refractivity contribution in [2.24, 2.45) is 4.99 Å². The number of aromatic hydroxyl groups is 1. The quantitative estimate of drug-likeness (QED) is 0.321. The molecule has 1 atom stereocenters. The number of hydrogen-bond donors (Lipinski definition) is 1. The maximum Gasteiger partial charge on any atom is 0.338 e. The van der Waals surface area contributed by atoms with Gasteiger partial charge in [-0.15, -0.1) is 0 Å². The number of nitrogens with zero attached hydrogens (tertiary/aromatic N) is 2. The van der Waals surface area contributed by atoms with Crippen molar-refractivity contribution in [1.82, 2.24) is 4.57 Å². The fourth-order valence-corrected chi connectivity index (χ4v) is 5.66. The third kappa shape index (κ3) is 4.92. The first kappa shape index (κ1) is 26.0. The summed E-state index contributed by atoms with van der Waals surface area (Å²) < 4.78 is 18.7. The van der Waals surface area contributed by atoms with Crippen LogP contribution in [0.3, 0.4) is 0 Å². The predicted octanol–water partition coefficient (Wildman–Crippen LogP) is 3.52. The molecule has 188 valence electrons. The van der Waals surface area contributed by atoms with Gasteiger partial charge in [0.05, 0.1) is 45.7 Å². The van der Waals surface area contributed by atoms with E-state index in [0.717, 1.165) is 5.56 Å². The number of thiazole rings is 1. The van der Waals surface area contributed by atoms with Crippen LogP contribution in [-0.2, 0) is 9.53 Å². The smallest absolute Gasteiger partial charge is 0.338 e. The van der Waals surface area contributed by atoms with Crippen LogP contribution in [0, 0.1) is 3.57 Å². The number of carbonyl (C=O) groups excluding carboxylic acids is 1. The molecule has 0 saturated carbocycles. The van der Waals surface area contributed by atoms with Crippen molar-refractivity contribution < 1.29 is 24.1 Å². The molecule has 0 amide bonds. The van der Waals surface area contributed by atoms with Crippen molar-refractivity contribution in [3.05, 3.63) is 82.1 Å². The lowest BCUT2D eigenvalue weighted by Gasteiger charge is -2.24. The van der Waals surface area contributed by atoms with Crippen molar-refractivity contribution in [3.63, 3.8) is 0 Å². The van der Waals surface area contributed by atoms with E-state index >= 15 is 0 Å². The maximum atomic E-state index is 13.7. The van der Waals surface area contributed by atoms with Crippen molar-refractivity contribution in [2.45, 2.75) is 26.8 Å². The fraction of sp³-hybridized carbons (Fsp3) is 0.269. The third-order valence-corrected chi connectivity index (χ3v) is 7.40. The molecule has 2 aromatic carbocycles. The number of carbonyl (C=O) groups is 1. The molecule has 36 heavy (non-hydrogen) atoms. The van der Waals surface area contributed by atoms with Gasteiger partial charge in [-0.2, -0.15) is 0 Å². The van der Waals surface area contributed by atoms with Crippen LogP contribution < -0.4 is 24.4 Å². The van der Waals surface area contributed by atoms with Crippen LogP contribution in [0.5, 0.6) is 17.2 Å². The van der Waals surface area contributed by atoms with Gasteiger partial charge in [0, 0.05) is 0 Å². The second-order valence-corrected chi connectivity index (χ2v) is 10.0. The Labute approximate surface area is 225 Å². The van der Waals surface area contributed by atoms with Gasteiger partial charge in [0.25, 0.3) is 5.56 Å². The fourth-order valence-electron chi connectivity index (χ4n) is 3.99. The van der Waals surface area contributed by atoms with E-state index in [1.54, 1.807) is 51.3 Å². The van der Waals surface area contributed by atoms with E-state index in [9.17, 15) is 14.7 Å². The van der Waals surface area contributed by atoms with Crippen molar-refractivity contribution in [3.8, 4) is 17.2 Å². The minimum absolute atomic E-state index is 0.0604. The maximum absolute atomic E-state index is 13.7. The molecule has 10 heteroatoms. The number of hydrogen-bond acceptors (Lipinski definition) is 8. The Hall–Kier alpha value is -3.12. The Balaban J connectivity index is 1.93.